The number of aryl methyl sites for hydroxylation is 1. The fraction of sp³-hybridized carbons (Fsp3) is 0.0968. The topological polar surface area (TPSA) is 25.8 Å². The van der Waals surface area contributed by atoms with E-state index < -0.39 is 0 Å². The van der Waals surface area contributed by atoms with Crippen molar-refractivity contribution in [3.05, 3.63) is 101 Å². The van der Waals surface area contributed by atoms with Gasteiger partial charge in [0.25, 0.3) is 0 Å². The molecule has 3 aromatic carbocycles. The molecule has 0 bridgehead atoms. The second-order valence-electron chi connectivity index (χ2n) is 8.93. The molecule has 5 aromatic rings. The predicted octanol–water partition coefficient (Wildman–Crippen LogP) is 9.32. The number of rotatable bonds is 5. The maximum atomic E-state index is 15.4. The first kappa shape index (κ1) is 24.8. The number of terminal acetylenes is 1. The van der Waals surface area contributed by atoms with Crippen LogP contribution in [0.3, 0.4) is 0 Å². The van der Waals surface area contributed by atoms with Crippen LogP contribution in [0.15, 0.2) is 78.4 Å². The summed E-state index contributed by atoms with van der Waals surface area (Å²) < 4.78 is 38.9. The van der Waals surface area contributed by atoms with Crippen LogP contribution in [0.5, 0.6) is 0 Å². The molecule has 0 atom stereocenters. The molecule has 2 aromatic heterocycles. The van der Waals surface area contributed by atoms with Gasteiger partial charge in [-0.3, -0.25) is 0 Å². The number of fused-ring (bicyclic) bond motifs is 1. The minimum atomic E-state index is -0.383. The molecule has 0 aliphatic rings. The van der Waals surface area contributed by atoms with Gasteiger partial charge in [-0.25, -0.2) is 8.78 Å². The third kappa shape index (κ3) is 4.89. The lowest BCUT2D eigenvalue weighted by Crippen LogP contribution is -1.91. The second kappa shape index (κ2) is 10.2. The van der Waals surface area contributed by atoms with Gasteiger partial charge in [-0.1, -0.05) is 54.0 Å². The molecule has 6 heteroatoms. The molecule has 0 aliphatic heterocycles. The second-order valence-corrected chi connectivity index (χ2v) is 10.5. The van der Waals surface area contributed by atoms with E-state index in [1.165, 1.54) is 23.5 Å². The number of halogens is 2. The Labute approximate surface area is 223 Å². The van der Waals surface area contributed by atoms with Gasteiger partial charge in [-0.05, 0) is 62.2 Å². The van der Waals surface area contributed by atoms with Crippen molar-refractivity contribution < 1.29 is 8.78 Å². The summed E-state index contributed by atoms with van der Waals surface area (Å²) in [5.74, 6) is 2.01. The highest BCUT2D eigenvalue weighted by molar-refractivity contribution is 7.19. The van der Waals surface area contributed by atoms with Crippen LogP contribution in [0, 0.1) is 30.9 Å². The minimum Gasteiger partial charge on any atom is -0.206 e. The standard InChI is InChI=1S/C31H22F2N2S2/c1-5-20(8-6-18(2)3)21-9-11-22(27(33)17-21)23-12-13-25(31-30(23)34-37-35-31)29-15-14-28(36-29)24-10-7-19(4)16-26(24)32/h1,6-17H,2-4H3/b20-8+. The summed E-state index contributed by atoms with van der Waals surface area (Å²) in [4.78, 5) is 1.78. The average Bonchev–Trinajstić information content (AvgIpc) is 3.55. The van der Waals surface area contributed by atoms with Crippen LogP contribution >= 0.6 is 23.1 Å². The first-order valence-corrected chi connectivity index (χ1v) is 13.1. The van der Waals surface area contributed by atoms with Crippen LogP contribution in [0.1, 0.15) is 25.0 Å². The van der Waals surface area contributed by atoms with Crippen molar-refractivity contribution in [2.24, 2.45) is 0 Å². The molecule has 0 aliphatic carbocycles. The SMILES string of the molecule is C#C/C(=C\C=C(C)C)c1ccc(-c2ccc(-c3ccc(-c4ccc(C)cc4F)s3)c3nsnc23)c(F)c1. The van der Waals surface area contributed by atoms with Gasteiger partial charge in [0.05, 0.1) is 11.7 Å². The Kier molecular flexibility index (Phi) is 6.84. The molecule has 0 saturated carbocycles. The molecule has 0 saturated heterocycles. The predicted molar refractivity (Wildman–Crippen MR) is 152 cm³/mol. The third-order valence-corrected chi connectivity index (χ3v) is 7.67. The zero-order valence-electron chi connectivity index (χ0n) is 20.5. The van der Waals surface area contributed by atoms with E-state index in [0.717, 1.165) is 38.2 Å². The summed E-state index contributed by atoms with van der Waals surface area (Å²) in [7, 11) is 0. The lowest BCUT2D eigenvalue weighted by atomic mass is 9.97. The normalized spacial score (nSPS) is 11.5. The maximum absolute atomic E-state index is 15.4. The van der Waals surface area contributed by atoms with E-state index in [-0.39, 0.29) is 11.6 Å². The van der Waals surface area contributed by atoms with Gasteiger partial charge < -0.3 is 0 Å². The van der Waals surface area contributed by atoms with Crippen molar-refractivity contribution in [3.63, 3.8) is 0 Å². The van der Waals surface area contributed by atoms with Crippen LogP contribution in [0.25, 0.3) is 48.6 Å². The van der Waals surface area contributed by atoms with Crippen LogP contribution < -0.4 is 0 Å². The highest BCUT2D eigenvalue weighted by atomic mass is 32.1. The van der Waals surface area contributed by atoms with Crippen molar-refractivity contribution >= 4 is 39.7 Å². The molecule has 2 heterocycles. The number of allylic oxidation sites excluding steroid dienone is 4. The van der Waals surface area contributed by atoms with Gasteiger partial charge >= 0.3 is 0 Å². The summed E-state index contributed by atoms with van der Waals surface area (Å²) in [5.41, 5.74) is 7.09. The van der Waals surface area contributed by atoms with Gasteiger partial charge in [-0.15, -0.1) is 17.8 Å². The number of benzene rings is 3. The minimum absolute atomic E-state index is 0.244. The Morgan fingerprint density at radius 2 is 1.41 bits per heavy atom. The van der Waals surface area contributed by atoms with E-state index in [4.69, 9.17) is 6.42 Å². The summed E-state index contributed by atoms with van der Waals surface area (Å²) in [5, 5.41) is 0. The van der Waals surface area contributed by atoms with Gasteiger partial charge in [0.1, 0.15) is 22.7 Å². The van der Waals surface area contributed by atoms with E-state index in [2.05, 4.69) is 14.7 Å². The van der Waals surface area contributed by atoms with E-state index >= 15 is 4.39 Å². The van der Waals surface area contributed by atoms with Gasteiger partial charge in [0.15, 0.2) is 0 Å². The fourth-order valence-electron chi connectivity index (χ4n) is 4.11. The van der Waals surface area contributed by atoms with E-state index in [9.17, 15) is 4.39 Å². The maximum Gasteiger partial charge on any atom is 0.132 e. The summed E-state index contributed by atoms with van der Waals surface area (Å²) in [6, 6.07) is 17.9. The number of nitrogens with zero attached hydrogens (tertiary/aromatic N) is 2. The van der Waals surface area contributed by atoms with E-state index in [1.807, 2.05) is 69.3 Å². The number of aromatic nitrogens is 2. The van der Waals surface area contributed by atoms with E-state index in [0.29, 0.717) is 38.9 Å². The lowest BCUT2D eigenvalue weighted by Gasteiger charge is -2.09. The number of hydrogen-bond donors (Lipinski definition) is 0. The van der Waals surface area contributed by atoms with Crippen molar-refractivity contribution in [1.29, 1.82) is 0 Å². The fourth-order valence-corrected chi connectivity index (χ4v) is 5.74. The zero-order valence-corrected chi connectivity index (χ0v) is 22.1. The van der Waals surface area contributed by atoms with E-state index in [1.54, 1.807) is 12.1 Å². The van der Waals surface area contributed by atoms with Crippen molar-refractivity contribution in [3.8, 4) is 44.4 Å². The molecule has 0 radical (unpaired) electrons. The summed E-state index contributed by atoms with van der Waals surface area (Å²) in [6.07, 6.45) is 9.40. The van der Waals surface area contributed by atoms with Crippen molar-refractivity contribution in [2.75, 3.05) is 0 Å². The summed E-state index contributed by atoms with van der Waals surface area (Å²) >= 11 is 2.57. The molecule has 5 rings (SSSR count). The first-order valence-electron chi connectivity index (χ1n) is 11.6. The molecule has 0 N–H and O–H groups in total. The Morgan fingerprint density at radius 3 is 2.08 bits per heavy atom. The molecule has 37 heavy (non-hydrogen) atoms. The molecule has 182 valence electrons. The Hall–Kier alpha value is -3.92. The highest BCUT2D eigenvalue weighted by Crippen LogP contribution is 2.41. The third-order valence-electron chi connectivity index (χ3n) is 5.99. The van der Waals surface area contributed by atoms with Gasteiger partial charge in [0.2, 0.25) is 0 Å². The smallest absolute Gasteiger partial charge is 0.132 e. The zero-order chi connectivity index (χ0) is 26.1. The quantitative estimate of drug-likeness (QED) is 0.169. The average molecular weight is 525 g/mol. The first-order chi connectivity index (χ1) is 17.9. The molecule has 0 fully saturated rings. The molecule has 0 spiro atoms. The Bertz CT molecular complexity index is 1740. The van der Waals surface area contributed by atoms with Crippen molar-refractivity contribution in [2.45, 2.75) is 20.8 Å². The number of hydrogen-bond acceptors (Lipinski definition) is 4. The summed E-state index contributed by atoms with van der Waals surface area (Å²) in [6.45, 7) is 5.82. The molecular weight excluding hydrogens is 502 g/mol. The van der Waals surface area contributed by atoms with Gasteiger partial charge in [0, 0.05) is 37.6 Å². The number of thiophene rings is 1. The molecule has 2 nitrogen and oxygen atoms in total. The Balaban J connectivity index is 1.54. The monoisotopic (exact) mass is 524 g/mol. The molecule has 0 amide bonds. The van der Waals surface area contributed by atoms with Crippen LogP contribution in [-0.2, 0) is 0 Å². The van der Waals surface area contributed by atoms with Gasteiger partial charge in [-0.2, -0.15) is 8.75 Å². The molecular formula is C31H22F2N2S2. The van der Waals surface area contributed by atoms with Crippen LogP contribution in [0.2, 0.25) is 0 Å². The van der Waals surface area contributed by atoms with Crippen LogP contribution in [-0.4, -0.2) is 8.75 Å². The molecule has 0 unspecified atom stereocenters. The highest BCUT2D eigenvalue weighted by Gasteiger charge is 2.18. The van der Waals surface area contributed by atoms with Crippen LogP contribution in [0.4, 0.5) is 8.78 Å². The largest absolute Gasteiger partial charge is 0.206 e. The van der Waals surface area contributed by atoms with Crippen molar-refractivity contribution in [1.82, 2.24) is 8.75 Å². The lowest BCUT2D eigenvalue weighted by molar-refractivity contribution is 0.630. The Morgan fingerprint density at radius 1 is 0.784 bits per heavy atom.